The SMILES string of the molecule is CCC1(O)CN(C(=O)CC(N)C2CC2)C1. The lowest BCUT2D eigenvalue weighted by Crippen LogP contribution is -2.63. The van der Waals surface area contributed by atoms with Gasteiger partial charge in [0.25, 0.3) is 0 Å². The first-order chi connectivity index (χ1) is 7.04. The maximum absolute atomic E-state index is 11.7. The predicted molar refractivity (Wildman–Crippen MR) is 57.1 cm³/mol. The molecule has 2 aliphatic rings. The molecule has 2 rings (SSSR count). The van der Waals surface area contributed by atoms with Crippen LogP contribution in [-0.4, -0.2) is 40.6 Å². The number of aliphatic hydroxyl groups is 1. The highest BCUT2D eigenvalue weighted by Crippen LogP contribution is 2.33. The van der Waals surface area contributed by atoms with Gasteiger partial charge in [0.05, 0.1) is 18.7 Å². The van der Waals surface area contributed by atoms with Crippen LogP contribution in [0.15, 0.2) is 0 Å². The summed E-state index contributed by atoms with van der Waals surface area (Å²) in [6.45, 7) is 2.91. The summed E-state index contributed by atoms with van der Waals surface area (Å²) < 4.78 is 0. The molecule has 1 unspecified atom stereocenters. The molecule has 1 heterocycles. The molecule has 0 aromatic carbocycles. The molecule has 3 N–H and O–H groups in total. The first kappa shape index (κ1) is 10.9. The van der Waals surface area contributed by atoms with Crippen molar-refractivity contribution in [1.29, 1.82) is 0 Å². The molecule has 1 atom stereocenters. The normalized spacial score (nSPS) is 25.9. The second-order valence-corrected chi connectivity index (χ2v) is 5.03. The summed E-state index contributed by atoms with van der Waals surface area (Å²) >= 11 is 0. The molecule has 0 aromatic heterocycles. The molecule has 4 nitrogen and oxygen atoms in total. The van der Waals surface area contributed by atoms with Crippen molar-refractivity contribution in [2.45, 2.75) is 44.2 Å². The van der Waals surface area contributed by atoms with Crippen molar-refractivity contribution in [3.63, 3.8) is 0 Å². The Balaban J connectivity index is 1.73. The Labute approximate surface area is 90.4 Å². The molecule has 1 aliphatic carbocycles. The summed E-state index contributed by atoms with van der Waals surface area (Å²) in [7, 11) is 0. The molecule has 0 bridgehead atoms. The van der Waals surface area contributed by atoms with E-state index in [0.717, 1.165) is 0 Å². The third-order valence-electron chi connectivity index (χ3n) is 3.62. The van der Waals surface area contributed by atoms with Gasteiger partial charge < -0.3 is 15.7 Å². The molecule has 0 radical (unpaired) electrons. The van der Waals surface area contributed by atoms with E-state index in [1.54, 1.807) is 4.90 Å². The highest BCUT2D eigenvalue weighted by Gasteiger charge is 2.42. The number of carbonyl (C=O) groups is 1. The van der Waals surface area contributed by atoms with E-state index in [2.05, 4.69) is 0 Å². The number of nitrogens with two attached hydrogens (primary N) is 1. The number of hydrogen-bond acceptors (Lipinski definition) is 3. The van der Waals surface area contributed by atoms with Crippen LogP contribution in [0.3, 0.4) is 0 Å². The van der Waals surface area contributed by atoms with E-state index < -0.39 is 5.60 Å². The van der Waals surface area contributed by atoms with Crippen LogP contribution in [0.25, 0.3) is 0 Å². The lowest BCUT2D eigenvalue weighted by Gasteiger charge is -2.46. The van der Waals surface area contributed by atoms with Crippen molar-refractivity contribution in [2.24, 2.45) is 11.7 Å². The van der Waals surface area contributed by atoms with Crippen LogP contribution < -0.4 is 5.73 Å². The molecular weight excluding hydrogens is 192 g/mol. The maximum atomic E-state index is 11.7. The van der Waals surface area contributed by atoms with Gasteiger partial charge in [-0.2, -0.15) is 0 Å². The average molecular weight is 212 g/mol. The molecule has 4 heteroatoms. The topological polar surface area (TPSA) is 66.6 Å². The third kappa shape index (κ3) is 2.32. The third-order valence-corrected chi connectivity index (χ3v) is 3.62. The Bertz CT molecular complexity index is 257. The van der Waals surface area contributed by atoms with Crippen molar-refractivity contribution in [1.82, 2.24) is 4.90 Å². The van der Waals surface area contributed by atoms with Crippen molar-refractivity contribution in [2.75, 3.05) is 13.1 Å². The van der Waals surface area contributed by atoms with E-state index in [9.17, 15) is 9.90 Å². The van der Waals surface area contributed by atoms with E-state index >= 15 is 0 Å². The van der Waals surface area contributed by atoms with E-state index in [4.69, 9.17) is 5.73 Å². The largest absolute Gasteiger partial charge is 0.386 e. The monoisotopic (exact) mass is 212 g/mol. The number of amides is 1. The van der Waals surface area contributed by atoms with Crippen molar-refractivity contribution < 1.29 is 9.90 Å². The molecule has 0 spiro atoms. The van der Waals surface area contributed by atoms with E-state index in [1.807, 2.05) is 6.92 Å². The standard InChI is InChI=1S/C11H20N2O2/c1-2-11(15)6-13(7-11)10(14)5-9(12)8-3-4-8/h8-9,15H,2-7,12H2,1H3. The Morgan fingerprint density at radius 1 is 1.60 bits per heavy atom. The molecule has 1 amide bonds. The van der Waals surface area contributed by atoms with Crippen molar-refractivity contribution in [3.8, 4) is 0 Å². The van der Waals surface area contributed by atoms with Gasteiger partial charge in [-0.05, 0) is 25.2 Å². The second kappa shape index (κ2) is 3.76. The smallest absolute Gasteiger partial charge is 0.224 e. The van der Waals surface area contributed by atoms with Crippen LogP contribution >= 0.6 is 0 Å². The fourth-order valence-corrected chi connectivity index (χ4v) is 2.09. The summed E-state index contributed by atoms with van der Waals surface area (Å²) in [5, 5.41) is 9.77. The summed E-state index contributed by atoms with van der Waals surface area (Å²) in [5.74, 6) is 0.674. The highest BCUT2D eigenvalue weighted by molar-refractivity contribution is 5.78. The Morgan fingerprint density at radius 3 is 2.67 bits per heavy atom. The minimum atomic E-state index is -0.626. The lowest BCUT2D eigenvalue weighted by atomic mass is 9.90. The number of β-amino-alcohol motifs (C(OH)–C–C–N with tert-alkyl or cyclic N) is 1. The number of carbonyl (C=O) groups excluding carboxylic acids is 1. The van der Waals surface area contributed by atoms with E-state index in [1.165, 1.54) is 12.8 Å². The van der Waals surface area contributed by atoms with Gasteiger partial charge in [0.1, 0.15) is 0 Å². The van der Waals surface area contributed by atoms with Gasteiger partial charge in [-0.1, -0.05) is 6.92 Å². The van der Waals surface area contributed by atoms with Gasteiger partial charge >= 0.3 is 0 Å². The minimum Gasteiger partial charge on any atom is -0.386 e. The molecule has 15 heavy (non-hydrogen) atoms. The highest BCUT2D eigenvalue weighted by atomic mass is 16.3. The Morgan fingerprint density at radius 2 is 2.20 bits per heavy atom. The van der Waals surface area contributed by atoms with Crippen LogP contribution in [0.4, 0.5) is 0 Å². The van der Waals surface area contributed by atoms with E-state index in [-0.39, 0.29) is 11.9 Å². The average Bonchev–Trinajstić information content (AvgIpc) is 2.95. The molecule has 86 valence electrons. The summed E-state index contributed by atoms with van der Waals surface area (Å²) in [4.78, 5) is 13.4. The molecule has 1 saturated carbocycles. The van der Waals surface area contributed by atoms with Crippen LogP contribution in [0.5, 0.6) is 0 Å². The van der Waals surface area contributed by atoms with Crippen molar-refractivity contribution >= 4 is 5.91 Å². The maximum Gasteiger partial charge on any atom is 0.224 e. The van der Waals surface area contributed by atoms with Crippen molar-refractivity contribution in [3.05, 3.63) is 0 Å². The van der Waals surface area contributed by atoms with Crippen LogP contribution in [0.1, 0.15) is 32.6 Å². The van der Waals surface area contributed by atoms with Crippen LogP contribution in [0.2, 0.25) is 0 Å². The Kier molecular flexibility index (Phi) is 2.73. The van der Waals surface area contributed by atoms with Gasteiger partial charge in [0.2, 0.25) is 5.91 Å². The zero-order chi connectivity index (χ0) is 11.1. The summed E-state index contributed by atoms with van der Waals surface area (Å²) in [6, 6.07) is 0.0350. The summed E-state index contributed by atoms with van der Waals surface area (Å²) in [6.07, 6.45) is 3.51. The quantitative estimate of drug-likeness (QED) is 0.694. The zero-order valence-corrected chi connectivity index (χ0v) is 9.28. The molecule has 2 fully saturated rings. The fourth-order valence-electron chi connectivity index (χ4n) is 2.09. The molecule has 0 aromatic rings. The number of nitrogens with zero attached hydrogens (tertiary/aromatic N) is 1. The molecular formula is C11H20N2O2. The van der Waals surface area contributed by atoms with Gasteiger partial charge in [0, 0.05) is 12.5 Å². The first-order valence-corrected chi connectivity index (χ1v) is 5.80. The van der Waals surface area contributed by atoms with Gasteiger partial charge in [-0.25, -0.2) is 0 Å². The minimum absolute atomic E-state index is 0.0350. The van der Waals surface area contributed by atoms with E-state index in [0.29, 0.717) is 31.8 Å². The number of hydrogen-bond donors (Lipinski definition) is 2. The van der Waals surface area contributed by atoms with Gasteiger partial charge in [-0.15, -0.1) is 0 Å². The van der Waals surface area contributed by atoms with Crippen LogP contribution in [0, 0.1) is 5.92 Å². The number of rotatable bonds is 4. The molecule has 1 saturated heterocycles. The second-order valence-electron chi connectivity index (χ2n) is 5.03. The summed E-state index contributed by atoms with van der Waals surface area (Å²) in [5.41, 5.74) is 5.26. The van der Waals surface area contributed by atoms with Gasteiger partial charge in [0.15, 0.2) is 0 Å². The zero-order valence-electron chi connectivity index (χ0n) is 9.28. The van der Waals surface area contributed by atoms with Gasteiger partial charge in [-0.3, -0.25) is 4.79 Å². The lowest BCUT2D eigenvalue weighted by molar-refractivity contribution is -0.156. The van der Waals surface area contributed by atoms with Crippen LogP contribution in [-0.2, 0) is 4.79 Å². The number of likely N-dealkylation sites (tertiary alicyclic amines) is 1. The fraction of sp³-hybridized carbons (Fsp3) is 0.909. The first-order valence-electron chi connectivity index (χ1n) is 5.80. The predicted octanol–water partition coefficient (Wildman–Crippen LogP) is 0.0971. The Hall–Kier alpha value is -0.610. The molecule has 1 aliphatic heterocycles.